The fourth-order valence-corrected chi connectivity index (χ4v) is 1.62. The van der Waals surface area contributed by atoms with Gasteiger partial charge in [0.2, 0.25) is 5.91 Å². The minimum atomic E-state index is -0.941. The fourth-order valence-electron chi connectivity index (χ4n) is 1.62. The van der Waals surface area contributed by atoms with Crippen molar-refractivity contribution in [2.75, 3.05) is 5.32 Å². The quantitative estimate of drug-likeness (QED) is 0.893. The van der Waals surface area contributed by atoms with Crippen LogP contribution in [-0.2, 0) is 4.79 Å². The van der Waals surface area contributed by atoms with Crippen molar-refractivity contribution in [3.8, 4) is 0 Å². The summed E-state index contributed by atoms with van der Waals surface area (Å²) in [4.78, 5) is 11.9. The molecule has 19 heavy (non-hydrogen) atoms. The van der Waals surface area contributed by atoms with Crippen molar-refractivity contribution in [3.05, 3.63) is 65.7 Å². The first-order valence-corrected chi connectivity index (χ1v) is 5.64. The zero-order valence-electron chi connectivity index (χ0n) is 9.94. The maximum Gasteiger partial charge on any atom is 0.245 e. The third-order valence-corrected chi connectivity index (χ3v) is 2.63. The Morgan fingerprint density at radius 2 is 1.79 bits per heavy atom. The maximum atomic E-state index is 13.4. The number of nitrogens with two attached hydrogens (primary N) is 1. The second kappa shape index (κ2) is 5.58. The number of carbonyl (C=O) groups is 1. The van der Waals surface area contributed by atoms with Crippen LogP contribution in [0.25, 0.3) is 0 Å². The minimum absolute atomic E-state index is 0.226. The van der Waals surface area contributed by atoms with Crippen LogP contribution in [0.4, 0.5) is 14.5 Å². The van der Waals surface area contributed by atoms with Crippen molar-refractivity contribution >= 4 is 11.6 Å². The molecule has 2 aromatic rings. The van der Waals surface area contributed by atoms with Crippen molar-refractivity contribution in [3.63, 3.8) is 0 Å². The van der Waals surface area contributed by atoms with E-state index in [0.717, 1.165) is 18.2 Å². The summed E-state index contributed by atoms with van der Waals surface area (Å²) in [6.07, 6.45) is 0. The molecule has 0 aliphatic carbocycles. The normalized spacial score (nSPS) is 11.9. The van der Waals surface area contributed by atoms with E-state index in [1.54, 1.807) is 30.3 Å². The molecule has 0 fully saturated rings. The Balaban J connectivity index is 2.15. The standard InChI is InChI=1S/C14H12F2N2O/c15-10-6-7-11(16)12(8-10)18-14(19)13(17)9-4-2-1-3-5-9/h1-8,13H,17H2,(H,18,19)/t13-/m1/s1. The average Bonchev–Trinajstić information content (AvgIpc) is 2.43. The number of benzene rings is 2. The minimum Gasteiger partial charge on any atom is -0.322 e. The predicted octanol–water partition coefficient (Wildman–Crippen LogP) is 2.60. The second-order valence-corrected chi connectivity index (χ2v) is 4.00. The Bertz CT molecular complexity index is 587. The van der Waals surface area contributed by atoms with Crippen molar-refractivity contribution in [2.45, 2.75) is 6.04 Å². The Morgan fingerprint density at radius 1 is 1.11 bits per heavy atom. The molecule has 2 rings (SSSR count). The van der Waals surface area contributed by atoms with Gasteiger partial charge in [-0.05, 0) is 17.7 Å². The van der Waals surface area contributed by atoms with Crippen molar-refractivity contribution < 1.29 is 13.6 Å². The van der Waals surface area contributed by atoms with E-state index in [-0.39, 0.29) is 5.69 Å². The van der Waals surface area contributed by atoms with E-state index in [1.165, 1.54) is 0 Å². The van der Waals surface area contributed by atoms with E-state index >= 15 is 0 Å². The highest BCUT2D eigenvalue weighted by Crippen LogP contribution is 2.18. The smallest absolute Gasteiger partial charge is 0.245 e. The molecule has 0 spiro atoms. The lowest BCUT2D eigenvalue weighted by Gasteiger charge is -2.13. The predicted molar refractivity (Wildman–Crippen MR) is 68.4 cm³/mol. The number of amides is 1. The molecule has 0 saturated carbocycles. The van der Waals surface area contributed by atoms with Gasteiger partial charge in [0.15, 0.2) is 0 Å². The summed E-state index contributed by atoms with van der Waals surface area (Å²) in [7, 11) is 0. The highest BCUT2D eigenvalue weighted by molar-refractivity contribution is 5.95. The van der Waals surface area contributed by atoms with E-state index in [4.69, 9.17) is 5.73 Å². The summed E-state index contributed by atoms with van der Waals surface area (Å²) < 4.78 is 26.3. The highest BCUT2D eigenvalue weighted by atomic mass is 19.1. The van der Waals surface area contributed by atoms with Gasteiger partial charge in [0.05, 0.1) is 5.69 Å². The topological polar surface area (TPSA) is 55.1 Å². The molecule has 0 aromatic heterocycles. The number of hydrogen-bond acceptors (Lipinski definition) is 2. The SMILES string of the molecule is N[C@@H](C(=O)Nc1cc(F)ccc1F)c1ccccc1. The molecule has 0 radical (unpaired) electrons. The van der Waals surface area contributed by atoms with Crippen molar-refractivity contribution in [1.29, 1.82) is 0 Å². The van der Waals surface area contributed by atoms with Gasteiger partial charge in [-0.1, -0.05) is 30.3 Å². The zero-order valence-corrected chi connectivity index (χ0v) is 9.94. The van der Waals surface area contributed by atoms with Crippen LogP contribution in [0.5, 0.6) is 0 Å². The van der Waals surface area contributed by atoms with Gasteiger partial charge in [0, 0.05) is 6.07 Å². The molecule has 0 bridgehead atoms. The molecule has 1 atom stereocenters. The van der Waals surface area contributed by atoms with Crippen LogP contribution in [-0.4, -0.2) is 5.91 Å². The van der Waals surface area contributed by atoms with Crippen LogP contribution in [0.3, 0.4) is 0 Å². The molecule has 0 aliphatic heterocycles. The highest BCUT2D eigenvalue weighted by Gasteiger charge is 2.17. The molecule has 0 heterocycles. The monoisotopic (exact) mass is 262 g/mol. The van der Waals surface area contributed by atoms with Gasteiger partial charge in [0.25, 0.3) is 0 Å². The molecular formula is C14H12F2N2O. The first-order valence-electron chi connectivity index (χ1n) is 5.64. The average molecular weight is 262 g/mol. The number of halogens is 2. The number of nitrogens with one attached hydrogen (secondary N) is 1. The van der Waals surface area contributed by atoms with Gasteiger partial charge in [-0.25, -0.2) is 8.78 Å². The van der Waals surface area contributed by atoms with Crippen LogP contribution in [0.15, 0.2) is 48.5 Å². The molecular weight excluding hydrogens is 250 g/mol. The molecule has 3 N–H and O–H groups in total. The Morgan fingerprint density at radius 3 is 2.47 bits per heavy atom. The third kappa shape index (κ3) is 3.14. The lowest BCUT2D eigenvalue weighted by Crippen LogP contribution is -2.28. The number of anilines is 1. The molecule has 0 aliphatic rings. The van der Waals surface area contributed by atoms with Crippen LogP contribution in [0.1, 0.15) is 11.6 Å². The van der Waals surface area contributed by atoms with E-state index in [9.17, 15) is 13.6 Å². The second-order valence-electron chi connectivity index (χ2n) is 4.00. The summed E-state index contributed by atoms with van der Waals surface area (Å²) in [5.41, 5.74) is 6.11. The van der Waals surface area contributed by atoms with Crippen molar-refractivity contribution in [2.24, 2.45) is 5.73 Å². The van der Waals surface area contributed by atoms with E-state index in [1.807, 2.05) is 0 Å². The van der Waals surface area contributed by atoms with Gasteiger partial charge >= 0.3 is 0 Å². The number of hydrogen-bond donors (Lipinski definition) is 2. The van der Waals surface area contributed by atoms with Gasteiger partial charge in [-0.15, -0.1) is 0 Å². The van der Waals surface area contributed by atoms with Crippen molar-refractivity contribution in [1.82, 2.24) is 0 Å². The number of carbonyl (C=O) groups excluding carboxylic acids is 1. The van der Waals surface area contributed by atoms with E-state index < -0.39 is 23.6 Å². The summed E-state index contributed by atoms with van der Waals surface area (Å²) in [6, 6.07) is 10.5. The van der Waals surface area contributed by atoms with E-state index in [0.29, 0.717) is 5.56 Å². The van der Waals surface area contributed by atoms with Gasteiger partial charge in [-0.3, -0.25) is 4.79 Å². The van der Waals surface area contributed by atoms with Crippen LogP contribution < -0.4 is 11.1 Å². The molecule has 2 aromatic carbocycles. The summed E-state index contributed by atoms with van der Waals surface area (Å²) in [5, 5.41) is 2.27. The number of rotatable bonds is 3. The summed E-state index contributed by atoms with van der Waals surface area (Å²) in [6.45, 7) is 0. The molecule has 5 heteroatoms. The van der Waals surface area contributed by atoms with Gasteiger partial charge in [0.1, 0.15) is 17.7 Å². The molecule has 1 amide bonds. The van der Waals surface area contributed by atoms with Crippen LogP contribution in [0.2, 0.25) is 0 Å². The zero-order chi connectivity index (χ0) is 13.8. The Kier molecular flexibility index (Phi) is 3.87. The molecule has 98 valence electrons. The first-order chi connectivity index (χ1) is 9.08. The summed E-state index contributed by atoms with van der Waals surface area (Å²) in [5.74, 6) is -1.95. The van der Waals surface area contributed by atoms with Crippen LogP contribution >= 0.6 is 0 Å². The fraction of sp³-hybridized carbons (Fsp3) is 0.0714. The van der Waals surface area contributed by atoms with Gasteiger partial charge < -0.3 is 11.1 Å². The third-order valence-electron chi connectivity index (χ3n) is 2.63. The van der Waals surface area contributed by atoms with Gasteiger partial charge in [-0.2, -0.15) is 0 Å². The summed E-state index contributed by atoms with van der Waals surface area (Å²) >= 11 is 0. The van der Waals surface area contributed by atoms with E-state index in [2.05, 4.69) is 5.32 Å². The Labute approximate surface area is 109 Å². The lowest BCUT2D eigenvalue weighted by atomic mass is 10.1. The first kappa shape index (κ1) is 13.2. The molecule has 3 nitrogen and oxygen atoms in total. The molecule has 0 unspecified atom stereocenters. The lowest BCUT2D eigenvalue weighted by molar-refractivity contribution is -0.117. The molecule has 0 saturated heterocycles. The van der Waals surface area contributed by atoms with Crippen LogP contribution in [0, 0.1) is 11.6 Å². The largest absolute Gasteiger partial charge is 0.322 e. The Hall–Kier alpha value is -2.27. The maximum absolute atomic E-state index is 13.4.